The van der Waals surface area contributed by atoms with E-state index < -0.39 is 0 Å². The van der Waals surface area contributed by atoms with Gasteiger partial charge in [-0.25, -0.2) is 4.68 Å². The smallest absolute Gasteiger partial charge is 0.0649 e. The van der Waals surface area contributed by atoms with E-state index >= 15 is 0 Å². The molecule has 0 N–H and O–H groups in total. The average molecular weight is 346 g/mol. The van der Waals surface area contributed by atoms with Crippen molar-refractivity contribution in [1.29, 1.82) is 0 Å². The van der Waals surface area contributed by atoms with Crippen LogP contribution in [0.2, 0.25) is 0 Å². The molecular weight excluding hydrogens is 320 g/mol. The first kappa shape index (κ1) is 17.0. The van der Waals surface area contributed by atoms with Gasteiger partial charge in [0.15, 0.2) is 0 Å². The molecule has 2 aromatic carbocycles. The summed E-state index contributed by atoms with van der Waals surface area (Å²) in [5.74, 6) is 0. The minimum atomic E-state index is 0.952. The Morgan fingerprint density at radius 1 is 0.808 bits per heavy atom. The Morgan fingerprint density at radius 3 is 2.27 bits per heavy atom. The third kappa shape index (κ3) is 4.03. The molecule has 4 heteroatoms. The number of rotatable bonds is 5. The van der Waals surface area contributed by atoms with Crippen LogP contribution in [0.5, 0.6) is 0 Å². The summed E-state index contributed by atoms with van der Waals surface area (Å²) in [5, 5.41) is 4.51. The van der Waals surface area contributed by atoms with Crippen LogP contribution in [0.4, 0.5) is 0 Å². The summed E-state index contributed by atoms with van der Waals surface area (Å²) >= 11 is 0. The first-order valence-electron chi connectivity index (χ1n) is 9.36. The average Bonchev–Trinajstić information content (AvgIpc) is 3.12. The normalized spacial score (nSPS) is 16.0. The molecule has 1 saturated heterocycles. The van der Waals surface area contributed by atoms with Crippen molar-refractivity contribution in [1.82, 2.24) is 19.6 Å². The van der Waals surface area contributed by atoms with Crippen molar-refractivity contribution in [3.63, 3.8) is 0 Å². The summed E-state index contributed by atoms with van der Waals surface area (Å²) in [7, 11) is 0. The SMILES string of the molecule is Cc1cccc(CN2CCN(Cc3ccnn3-c3ccccc3)CC2)c1. The topological polar surface area (TPSA) is 24.3 Å². The van der Waals surface area contributed by atoms with Crippen LogP contribution in [0.3, 0.4) is 0 Å². The van der Waals surface area contributed by atoms with Crippen LogP contribution in [0.25, 0.3) is 5.69 Å². The third-order valence-electron chi connectivity index (χ3n) is 5.06. The Labute approximate surface area is 155 Å². The lowest BCUT2D eigenvalue weighted by atomic mass is 10.1. The van der Waals surface area contributed by atoms with Crippen molar-refractivity contribution in [3.05, 3.63) is 83.7 Å². The molecule has 0 unspecified atom stereocenters. The molecule has 134 valence electrons. The lowest BCUT2D eigenvalue weighted by molar-refractivity contribution is 0.120. The Balaban J connectivity index is 1.34. The van der Waals surface area contributed by atoms with E-state index in [1.807, 2.05) is 12.3 Å². The molecule has 2 heterocycles. The second kappa shape index (κ2) is 7.85. The molecule has 3 aromatic rings. The number of hydrogen-bond acceptors (Lipinski definition) is 3. The summed E-state index contributed by atoms with van der Waals surface area (Å²) in [6.07, 6.45) is 1.90. The second-order valence-electron chi connectivity index (χ2n) is 7.11. The van der Waals surface area contributed by atoms with Gasteiger partial charge in [-0.3, -0.25) is 9.80 Å². The number of aryl methyl sites for hydroxylation is 1. The Bertz CT molecular complexity index is 832. The van der Waals surface area contributed by atoms with Crippen molar-refractivity contribution in [2.24, 2.45) is 0 Å². The number of nitrogens with zero attached hydrogens (tertiary/aromatic N) is 4. The maximum Gasteiger partial charge on any atom is 0.0649 e. The molecule has 1 aliphatic rings. The Kier molecular flexibility index (Phi) is 5.14. The van der Waals surface area contributed by atoms with Gasteiger partial charge < -0.3 is 0 Å². The quantitative estimate of drug-likeness (QED) is 0.707. The highest BCUT2D eigenvalue weighted by molar-refractivity contribution is 5.32. The number of aromatic nitrogens is 2. The lowest BCUT2D eigenvalue weighted by Crippen LogP contribution is -2.45. The molecule has 0 atom stereocenters. The summed E-state index contributed by atoms with van der Waals surface area (Å²) < 4.78 is 2.05. The van der Waals surface area contributed by atoms with E-state index in [1.165, 1.54) is 16.8 Å². The van der Waals surface area contributed by atoms with Crippen LogP contribution in [0.1, 0.15) is 16.8 Å². The molecule has 1 fully saturated rings. The standard InChI is InChI=1S/C22H26N4/c1-19-6-5-7-20(16-19)17-24-12-14-25(15-13-24)18-22-10-11-23-26(22)21-8-3-2-4-9-21/h2-11,16H,12-15,17-18H2,1H3. The molecule has 1 aromatic heterocycles. The fourth-order valence-electron chi connectivity index (χ4n) is 3.66. The lowest BCUT2D eigenvalue weighted by Gasteiger charge is -2.34. The summed E-state index contributed by atoms with van der Waals surface area (Å²) in [6.45, 7) is 8.61. The molecule has 0 bridgehead atoms. The number of hydrogen-bond donors (Lipinski definition) is 0. The number of benzene rings is 2. The van der Waals surface area contributed by atoms with E-state index in [1.54, 1.807) is 0 Å². The zero-order chi connectivity index (χ0) is 17.8. The van der Waals surface area contributed by atoms with Crippen LogP contribution in [-0.2, 0) is 13.1 Å². The van der Waals surface area contributed by atoms with Gasteiger partial charge in [0.2, 0.25) is 0 Å². The van der Waals surface area contributed by atoms with Gasteiger partial charge in [0.1, 0.15) is 0 Å². The van der Waals surface area contributed by atoms with E-state index in [0.717, 1.165) is 45.0 Å². The van der Waals surface area contributed by atoms with E-state index in [0.29, 0.717) is 0 Å². The molecule has 26 heavy (non-hydrogen) atoms. The van der Waals surface area contributed by atoms with Gasteiger partial charge in [-0.1, -0.05) is 48.0 Å². The second-order valence-corrected chi connectivity index (χ2v) is 7.11. The molecule has 4 rings (SSSR count). The van der Waals surface area contributed by atoms with Crippen molar-refractivity contribution in [2.75, 3.05) is 26.2 Å². The molecule has 0 spiro atoms. The van der Waals surface area contributed by atoms with E-state index in [2.05, 4.69) is 81.1 Å². The molecule has 4 nitrogen and oxygen atoms in total. The highest BCUT2D eigenvalue weighted by atomic mass is 15.3. The van der Waals surface area contributed by atoms with Gasteiger partial charge in [-0.2, -0.15) is 5.10 Å². The summed E-state index contributed by atoms with van der Waals surface area (Å²) in [5.41, 5.74) is 5.14. The molecular formula is C22H26N4. The van der Waals surface area contributed by atoms with E-state index in [9.17, 15) is 0 Å². The monoisotopic (exact) mass is 346 g/mol. The van der Waals surface area contributed by atoms with Gasteiger partial charge in [0.25, 0.3) is 0 Å². The number of piperazine rings is 1. The fourth-order valence-corrected chi connectivity index (χ4v) is 3.66. The highest BCUT2D eigenvalue weighted by Gasteiger charge is 2.18. The van der Waals surface area contributed by atoms with Crippen molar-refractivity contribution in [3.8, 4) is 5.69 Å². The first-order chi connectivity index (χ1) is 12.8. The van der Waals surface area contributed by atoms with Gasteiger partial charge in [0, 0.05) is 45.5 Å². The zero-order valence-corrected chi connectivity index (χ0v) is 15.4. The molecule has 0 radical (unpaired) electrons. The summed E-state index contributed by atoms with van der Waals surface area (Å²) in [6, 6.07) is 21.4. The van der Waals surface area contributed by atoms with E-state index in [-0.39, 0.29) is 0 Å². The maximum atomic E-state index is 4.51. The van der Waals surface area contributed by atoms with Crippen LogP contribution in [0, 0.1) is 6.92 Å². The molecule has 0 amide bonds. The van der Waals surface area contributed by atoms with Crippen molar-refractivity contribution < 1.29 is 0 Å². The number of para-hydroxylation sites is 1. The predicted molar refractivity (Wildman–Crippen MR) is 105 cm³/mol. The molecule has 0 aliphatic carbocycles. The van der Waals surface area contributed by atoms with Gasteiger partial charge in [0.05, 0.1) is 11.4 Å². The van der Waals surface area contributed by atoms with Gasteiger partial charge in [-0.15, -0.1) is 0 Å². The van der Waals surface area contributed by atoms with Crippen molar-refractivity contribution >= 4 is 0 Å². The zero-order valence-electron chi connectivity index (χ0n) is 15.4. The Hall–Kier alpha value is -2.43. The van der Waals surface area contributed by atoms with E-state index in [4.69, 9.17) is 0 Å². The third-order valence-corrected chi connectivity index (χ3v) is 5.06. The predicted octanol–water partition coefficient (Wildman–Crippen LogP) is 3.50. The van der Waals surface area contributed by atoms with Gasteiger partial charge in [-0.05, 0) is 30.7 Å². The molecule has 1 aliphatic heterocycles. The minimum absolute atomic E-state index is 0.952. The Morgan fingerprint density at radius 2 is 1.54 bits per heavy atom. The van der Waals surface area contributed by atoms with Crippen LogP contribution >= 0.6 is 0 Å². The maximum absolute atomic E-state index is 4.51. The summed E-state index contributed by atoms with van der Waals surface area (Å²) in [4.78, 5) is 5.09. The largest absolute Gasteiger partial charge is 0.297 e. The van der Waals surface area contributed by atoms with Crippen LogP contribution in [-0.4, -0.2) is 45.8 Å². The van der Waals surface area contributed by atoms with Gasteiger partial charge >= 0.3 is 0 Å². The van der Waals surface area contributed by atoms with Crippen LogP contribution < -0.4 is 0 Å². The van der Waals surface area contributed by atoms with Crippen molar-refractivity contribution in [2.45, 2.75) is 20.0 Å². The highest BCUT2D eigenvalue weighted by Crippen LogP contribution is 2.15. The molecule has 0 saturated carbocycles. The first-order valence-corrected chi connectivity index (χ1v) is 9.36. The fraction of sp³-hybridized carbons (Fsp3) is 0.318. The minimum Gasteiger partial charge on any atom is -0.297 e. The van der Waals surface area contributed by atoms with Crippen LogP contribution in [0.15, 0.2) is 66.9 Å².